The highest BCUT2D eigenvalue weighted by molar-refractivity contribution is 5.26. The monoisotopic (exact) mass is 226 g/mol. The van der Waals surface area contributed by atoms with E-state index in [2.05, 4.69) is 0 Å². The molecule has 1 heterocycles. The molecular weight excluding hydrogens is 208 g/mol. The fourth-order valence-corrected chi connectivity index (χ4v) is 2.96. The molecule has 0 amide bonds. The molecule has 90 valence electrons. The van der Waals surface area contributed by atoms with E-state index in [-0.39, 0.29) is 6.10 Å². The van der Waals surface area contributed by atoms with Crippen LogP contribution >= 0.6 is 0 Å². The van der Waals surface area contributed by atoms with Gasteiger partial charge >= 0.3 is 0 Å². The zero-order valence-corrected chi connectivity index (χ0v) is 9.73. The van der Waals surface area contributed by atoms with E-state index in [0.29, 0.717) is 0 Å². The molecule has 0 aromatic heterocycles. The Morgan fingerprint density at radius 1 is 1.31 bits per heavy atom. The van der Waals surface area contributed by atoms with Gasteiger partial charge in [0.25, 0.3) is 0 Å². The normalized spacial score (nSPS) is 45.8. The first-order valence-corrected chi connectivity index (χ1v) is 5.97. The predicted octanol–water partition coefficient (Wildman–Crippen LogP) is 1.68. The van der Waals surface area contributed by atoms with Crippen LogP contribution in [0.3, 0.4) is 0 Å². The topological polar surface area (TPSA) is 47.9 Å². The fraction of sp³-hybridized carbons (Fsp3) is 0.833. The summed E-state index contributed by atoms with van der Waals surface area (Å²) < 4.78 is 6.00. The summed E-state index contributed by atoms with van der Waals surface area (Å²) in [5, 5.41) is 10.1. The van der Waals surface area contributed by atoms with Crippen molar-refractivity contribution in [2.24, 2.45) is 0 Å². The van der Waals surface area contributed by atoms with Crippen LogP contribution in [0.25, 0.3) is 0 Å². The van der Waals surface area contributed by atoms with Crippen LogP contribution in [0.1, 0.15) is 39.5 Å². The molecule has 0 aromatic rings. The third-order valence-electron chi connectivity index (χ3n) is 3.91. The Balaban J connectivity index is 1.86. The van der Waals surface area contributed by atoms with E-state index in [9.17, 15) is 5.11 Å². The van der Waals surface area contributed by atoms with E-state index >= 15 is 0 Å². The van der Waals surface area contributed by atoms with Crippen molar-refractivity contribution in [3.8, 4) is 0 Å². The SMILES string of the molecule is CC1=C[C@]2(C)OOC3(CCCC3)O[C@@H]2[C@H]1O. The van der Waals surface area contributed by atoms with Crippen molar-refractivity contribution >= 4 is 0 Å². The number of hydrogen-bond donors (Lipinski definition) is 1. The zero-order chi connectivity index (χ0) is 11.4. The maximum Gasteiger partial charge on any atom is 0.202 e. The summed E-state index contributed by atoms with van der Waals surface area (Å²) in [6, 6.07) is 0. The minimum atomic E-state index is -0.642. The predicted molar refractivity (Wildman–Crippen MR) is 56.4 cm³/mol. The second kappa shape index (κ2) is 3.29. The summed E-state index contributed by atoms with van der Waals surface area (Å²) in [5.41, 5.74) is 0.253. The Morgan fingerprint density at radius 3 is 2.69 bits per heavy atom. The summed E-state index contributed by atoms with van der Waals surface area (Å²) in [6.07, 6.45) is 4.87. The number of rotatable bonds is 0. The van der Waals surface area contributed by atoms with Gasteiger partial charge in [0.2, 0.25) is 5.79 Å². The molecular formula is C12H18O4. The molecule has 3 atom stereocenters. The average Bonchev–Trinajstić information content (AvgIpc) is 2.77. The molecule has 1 saturated carbocycles. The highest BCUT2D eigenvalue weighted by atomic mass is 17.2. The van der Waals surface area contributed by atoms with Crippen molar-refractivity contribution in [1.29, 1.82) is 0 Å². The molecule has 3 aliphatic rings. The minimum Gasteiger partial charge on any atom is -0.386 e. The van der Waals surface area contributed by atoms with Gasteiger partial charge in [-0.1, -0.05) is 0 Å². The fourth-order valence-electron chi connectivity index (χ4n) is 2.96. The standard InChI is InChI=1S/C12H18O4/c1-8-7-11(2)10(9(8)13)14-12(16-15-11)5-3-4-6-12/h7,9-10,13H,3-6H2,1-2H3/t9-,10+,11-/m0/s1. The molecule has 0 unspecified atom stereocenters. The van der Waals surface area contributed by atoms with Crippen LogP contribution in [0.15, 0.2) is 11.6 Å². The third-order valence-corrected chi connectivity index (χ3v) is 3.91. The molecule has 1 N–H and O–H groups in total. The third kappa shape index (κ3) is 1.37. The van der Waals surface area contributed by atoms with E-state index in [0.717, 1.165) is 31.3 Å². The van der Waals surface area contributed by atoms with Crippen molar-refractivity contribution in [2.45, 2.75) is 63.1 Å². The first-order chi connectivity index (χ1) is 7.55. The Hall–Kier alpha value is -0.420. The lowest BCUT2D eigenvalue weighted by atomic mass is 10.0. The molecule has 3 rings (SSSR count). The maximum absolute atomic E-state index is 10.1. The van der Waals surface area contributed by atoms with Crippen LogP contribution in [0.5, 0.6) is 0 Å². The van der Waals surface area contributed by atoms with Crippen molar-refractivity contribution in [3.05, 3.63) is 11.6 Å². The van der Waals surface area contributed by atoms with Crippen LogP contribution in [0.4, 0.5) is 0 Å². The molecule has 1 aliphatic heterocycles. The summed E-state index contributed by atoms with van der Waals surface area (Å²) in [6.45, 7) is 3.78. The molecule has 2 aliphatic carbocycles. The van der Waals surface area contributed by atoms with Gasteiger partial charge in [-0.2, -0.15) is 0 Å². The lowest BCUT2D eigenvalue weighted by Crippen LogP contribution is -2.56. The Labute approximate surface area is 95.1 Å². The van der Waals surface area contributed by atoms with E-state index in [1.165, 1.54) is 0 Å². The highest BCUT2D eigenvalue weighted by Crippen LogP contribution is 2.46. The van der Waals surface area contributed by atoms with E-state index < -0.39 is 17.5 Å². The Morgan fingerprint density at radius 2 is 2.00 bits per heavy atom. The van der Waals surface area contributed by atoms with Crippen molar-refractivity contribution < 1.29 is 19.6 Å². The van der Waals surface area contributed by atoms with Crippen molar-refractivity contribution in [3.63, 3.8) is 0 Å². The lowest BCUT2D eigenvalue weighted by Gasteiger charge is -2.44. The number of aliphatic hydroxyl groups excluding tert-OH is 1. The molecule has 1 saturated heterocycles. The van der Waals surface area contributed by atoms with E-state index in [4.69, 9.17) is 14.5 Å². The first-order valence-electron chi connectivity index (χ1n) is 5.97. The Bertz CT molecular complexity index is 332. The summed E-state index contributed by atoms with van der Waals surface area (Å²) in [7, 11) is 0. The average molecular weight is 226 g/mol. The first kappa shape index (κ1) is 10.7. The van der Waals surface area contributed by atoms with Gasteiger partial charge in [0, 0.05) is 12.8 Å². The second-order valence-electron chi connectivity index (χ2n) is 5.34. The van der Waals surface area contributed by atoms with Gasteiger partial charge in [-0.05, 0) is 38.3 Å². The van der Waals surface area contributed by atoms with Crippen molar-refractivity contribution in [2.75, 3.05) is 0 Å². The second-order valence-corrected chi connectivity index (χ2v) is 5.34. The molecule has 2 fully saturated rings. The summed E-state index contributed by atoms with van der Waals surface area (Å²) in [5.74, 6) is -0.608. The van der Waals surface area contributed by atoms with Crippen LogP contribution in [-0.4, -0.2) is 28.7 Å². The number of hydrogen-bond acceptors (Lipinski definition) is 4. The van der Waals surface area contributed by atoms with Crippen LogP contribution in [0.2, 0.25) is 0 Å². The molecule has 4 nitrogen and oxygen atoms in total. The summed E-state index contributed by atoms with van der Waals surface area (Å²) in [4.78, 5) is 11.0. The molecule has 4 heteroatoms. The maximum atomic E-state index is 10.1. The Kier molecular flexibility index (Phi) is 2.20. The van der Waals surface area contributed by atoms with Gasteiger partial charge < -0.3 is 9.84 Å². The highest BCUT2D eigenvalue weighted by Gasteiger charge is 2.56. The number of aliphatic hydroxyl groups is 1. The van der Waals surface area contributed by atoms with E-state index in [1.54, 1.807) is 0 Å². The molecule has 1 spiro atoms. The van der Waals surface area contributed by atoms with Gasteiger partial charge in [-0.3, -0.25) is 0 Å². The minimum absolute atomic E-state index is 0.334. The lowest BCUT2D eigenvalue weighted by molar-refractivity contribution is -0.517. The van der Waals surface area contributed by atoms with Gasteiger partial charge in [0.1, 0.15) is 17.8 Å². The quantitative estimate of drug-likeness (QED) is 0.504. The van der Waals surface area contributed by atoms with Gasteiger partial charge in [0.05, 0.1) is 0 Å². The van der Waals surface area contributed by atoms with Crippen LogP contribution < -0.4 is 0 Å². The van der Waals surface area contributed by atoms with Crippen LogP contribution in [0, 0.1) is 0 Å². The molecule has 16 heavy (non-hydrogen) atoms. The smallest absolute Gasteiger partial charge is 0.202 e. The van der Waals surface area contributed by atoms with Gasteiger partial charge in [-0.25, -0.2) is 9.78 Å². The molecule has 0 radical (unpaired) electrons. The van der Waals surface area contributed by atoms with Crippen LogP contribution in [-0.2, 0) is 14.5 Å². The number of ether oxygens (including phenoxy) is 1. The van der Waals surface area contributed by atoms with Gasteiger partial charge in [0.15, 0.2) is 0 Å². The zero-order valence-electron chi connectivity index (χ0n) is 9.73. The van der Waals surface area contributed by atoms with Crippen molar-refractivity contribution in [1.82, 2.24) is 0 Å². The molecule has 0 aromatic carbocycles. The van der Waals surface area contributed by atoms with E-state index in [1.807, 2.05) is 19.9 Å². The largest absolute Gasteiger partial charge is 0.386 e. The summed E-state index contributed by atoms with van der Waals surface area (Å²) >= 11 is 0. The van der Waals surface area contributed by atoms with Gasteiger partial charge in [-0.15, -0.1) is 0 Å². The number of fused-ring (bicyclic) bond motifs is 1. The molecule has 0 bridgehead atoms.